The number of nitrogens with one attached hydrogen (secondary N) is 1. The predicted molar refractivity (Wildman–Crippen MR) is 45.7 cm³/mol. The average Bonchev–Trinajstić information content (AvgIpc) is 2.03. The van der Waals surface area contributed by atoms with E-state index in [1.165, 1.54) is 6.92 Å². The lowest BCUT2D eigenvalue weighted by molar-refractivity contribution is -0.139. The Morgan fingerprint density at radius 2 is 2.08 bits per heavy atom. The van der Waals surface area contributed by atoms with Crippen LogP contribution >= 0.6 is 0 Å². The fourth-order valence-corrected chi connectivity index (χ4v) is 1.48. The second-order valence-electron chi connectivity index (χ2n) is 2.42. The van der Waals surface area contributed by atoms with Crippen LogP contribution in [0.3, 0.4) is 0 Å². The molecule has 0 aromatic heterocycles. The Morgan fingerprint density at radius 1 is 1.54 bits per heavy atom. The topological polar surface area (TPSA) is 104 Å². The van der Waals surface area contributed by atoms with Gasteiger partial charge in [-0.15, -0.1) is 0 Å². The predicted octanol–water partition coefficient (Wildman–Crippen LogP) is -1.24. The summed E-state index contributed by atoms with van der Waals surface area (Å²) in [6.07, 6.45) is -0.130. The zero-order chi connectivity index (χ0) is 10.5. The van der Waals surface area contributed by atoms with E-state index in [1.54, 1.807) is 0 Å². The quantitative estimate of drug-likeness (QED) is 0.510. The third kappa shape index (κ3) is 4.81. The van der Waals surface area contributed by atoms with Gasteiger partial charge in [0, 0.05) is 6.61 Å². The smallest absolute Gasteiger partial charge is 0.321 e. The van der Waals surface area contributed by atoms with Crippen molar-refractivity contribution >= 4 is 16.0 Å². The molecule has 0 aliphatic carbocycles. The van der Waals surface area contributed by atoms with E-state index < -0.39 is 22.0 Å². The van der Waals surface area contributed by atoms with Gasteiger partial charge in [-0.1, -0.05) is 0 Å². The van der Waals surface area contributed by atoms with E-state index in [4.69, 9.17) is 10.2 Å². The van der Waals surface area contributed by atoms with Crippen molar-refractivity contribution in [2.45, 2.75) is 19.4 Å². The van der Waals surface area contributed by atoms with Gasteiger partial charge in [-0.05, 0) is 13.3 Å². The fourth-order valence-electron chi connectivity index (χ4n) is 0.662. The average molecular weight is 211 g/mol. The SMILES string of the molecule is CCS(=O)(=O)N[C@@H](CCO)C(=O)O. The number of carbonyl (C=O) groups is 1. The molecule has 6 nitrogen and oxygen atoms in total. The minimum atomic E-state index is -3.53. The number of hydrogen-bond acceptors (Lipinski definition) is 4. The molecule has 0 aliphatic heterocycles. The molecule has 0 rings (SSSR count). The van der Waals surface area contributed by atoms with Crippen LogP contribution in [0.15, 0.2) is 0 Å². The van der Waals surface area contributed by atoms with E-state index in [9.17, 15) is 13.2 Å². The van der Waals surface area contributed by atoms with Crippen molar-refractivity contribution in [3.63, 3.8) is 0 Å². The van der Waals surface area contributed by atoms with Crippen LogP contribution in [-0.2, 0) is 14.8 Å². The summed E-state index contributed by atoms with van der Waals surface area (Å²) in [6, 6.07) is -1.24. The summed E-state index contributed by atoms with van der Waals surface area (Å²) in [6.45, 7) is 1.03. The lowest BCUT2D eigenvalue weighted by Crippen LogP contribution is -2.41. The summed E-state index contributed by atoms with van der Waals surface area (Å²) in [7, 11) is -3.53. The van der Waals surface area contributed by atoms with Crippen LogP contribution in [0, 0.1) is 0 Å². The second kappa shape index (κ2) is 5.15. The molecule has 0 saturated carbocycles. The maximum absolute atomic E-state index is 10.9. The summed E-state index contributed by atoms with van der Waals surface area (Å²) < 4.78 is 23.8. The number of carboxylic acid groups (broad SMARTS) is 1. The molecule has 0 aliphatic rings. The van der Waals surface area contributed by atoms with Crippen LogP contribution < -0.4 is 4.72 Å². The Balaban J connectivity index is 4.35. The maximum atomic E-state index is 10.9. The van der Waals surface area contributed by atoms with Crippen molar-refractivity contribution in [3.05, 3.63) is 0 Å². The van der Waals surface area contributed by atoms with Crippen molar-refractivity contribution in [2.24, 2.45) is 0 Å². The van der Waals surface area contributed by atoms with Crippen LogP contribution in [0.5, 0.6) is 0 Å². The minimum absolute atomic E-state index is 0.130. The normalized spacial score (nSPS) is 14.0. The van der Waals surface area contributed by atoms with Crippen LogP contribution in [0.25, 0.3) is 0 Å². The van der Waals surface area contributed by atoms with Crippen molar-refractivity contribution in [1.82, 2.24) is 4.72 Å². The molecule has 0 amide bonds. The Labute approximate surface area is 76.6 Å². The summed E-state index contributed by atoms with van der Waals surface area (Å²) >= 11 is 0. The highest BCUT2D eigenvalue weighted by atomic mass is 32.2. The molecule has 0 fully saturated rings. The first-order valence-corrected chi connectivity index (χ1v) is 5.42. The van der Waals surface area contributed by atoms with E-state index in [0.717, 1.165) is 0 Å². The van der Waals surface area contributed by atoms with E-state index in [1.807, 2.05) is 4.72 Å². The molecule has 0 aromatic rings. The molecule has 1 atom stereocenters. The second-order valence-corrected chi connectivity index (χ2v) is 4.47. The zero-order valence-electron chi connectivity index (χ0n) is 7.23. The van der Waals surface area contributed by atoms with E-state index in [2.05, 4.69) is 0 Å². The summed E-state index contributed by atoms with van der Waals surface area (Å²) in [4.78, 5) is 10.4. The number of hydrogen-bond donors (Lipinski definition) is 3. The Kier molecular flexibility index (Phi) is 4.89. The maximum Gasteiger partial charge on any atom is 0.321 e. The summed E-state index contributed by atoms with van der Waals surface area (Å²) in [5.41, 5.74) is 0. The zero-order valence-corrected chi connectivity index (χ0v) is 8.04. The first-order chi connectivity index (χ1) is 5.93. The van der Waals surface area contributed by atoms with Gasteiger partial charge in [0.05, 0.1) is 5.75 Å². The lowest BCUT2D eigenvalue weighted by Gasteiger charge is -2.11. The Morgan fingerprint density at radius 3 is 2.38 bits per heavy atom. The van der Waals surface area contributed by atoms with Crippen LogP contribution in [-0.4, -0.2) is 43.0 Å². The molecule has 0 spiro atoms. The number of aliphatic hydroxyl groups is 1. The molecule has 0 radical (unpaired) electrons. The number of carboxylic acids is 1. The van der Waals surface area contributed by atoms with Gasteiger partial charge in [0.25, 0.3) is 0 Å². The highest BCUT2D eigenvalue weighted by molar-refractivity contribution is 7.89. The number of aliphatic carboxylic acids is 1. The fraction of sp³-hybridized carbons (Fsp3) is 0.833. The molecule has 13 heavy (non-hydrogen) atoms. The molecule has 3 N–H and O–H groups in total. The third-order valence-electron chi connectivity index (χ3n) is 1.42. The first kappa shape index (κ1) is 12.3. The van der Waals surface area contributed by atoms with Gasteiger partial charge in [-0.3, -0.25) is 4.79 Å². The third-order valence-corrected chi connectivity index (χ3v) is 2.82. The highest BCUT2D eigenvalue weighted by Gasteiger charge is 2.21. The van der Waals surface area contributed by atoms with E-state index in [-0.39, 0.29) is 18.8 Å². The van der Waals surface area contributed by atoms with Crippen LogP contribution in [0.2, 0.25) is 0 Å². The Hall–Kier alpha value is -0.660. The molecule has 0 saturated heterocycles. The standard InChI is InChI=1S/C6H13NO5S/c1-2-13(11,12)7-5(3-4-8)6(9)10/h5,7-8H,2-4H2,1H3,(H,9,10)/t5-/m0/s1. The molecule has 7 heteroatoms. The van der Waals surface area contributed by atoms with Crippen LogP contribution in [0.4, 0.5) is 0 Å². The van der Waals surface area contributed by atoms with Crippen molar-refractivity contribution in [1.29, 1.82) is 0 Å². The molecule has 0 unspecified atom stereocenters. The van der Waals surface area contributed by atoms with Gasteiger partial charge in [0.1, 0.15) is 6.04 Å². The minimum Gasteiger partial charge on any atom is -0.480 e. The van der Waals surface area contributed by atoms with Crippen LogP contribution in [0.1, 0.15) is 13.3 Å². The van der Waals surface area contributed by atoms with Crippen molar-refractivity contribution < 1.29 is 23.4 Å². The molecule has 78 valence electrons. The largest absolute Gasteiger partial charge is 0.480 e. The molecule has 0 heterocycles. The Bertz CT molecular complexity index is 260. The number of rotatable bonds is 6. The molecular formula is C6H13NO5S. The number of aliphatic hydroxyl groups excluding tert-OH is 1. The summed E-state index contributed by atoms with van der Waals surface area (Å²) in [5, 5.41) is 17.0. The monoisotopic (exact) mass is 211 g/mol. The molecular weight excluding hydrogens is 198 g/mol. The first-order valence-electron chi connectivity index (χ1n) is 3.76. The van der Waals surface area contributed by atoms with Gasteiger partial charge < -0.3 is 10.2 Å². The van der Waals surface area contributed by atoms with E-state index in [0.29, 0.717) is 0 Å². The van der Waals surface area contributed by atoms with Gasteiger partial charge in [0.15, 0.2) is 0 Å². The van der Waals surface area contributed by atoms with Crippen molar-refractivity contribution in [2.75, 3.05) is 12.4 Å². The van der Waals surface area contributed by atoms with Gasteiger partial charge in [-0.2, -0.15) is 0 Å². The molecule has 0 bridgehead atoms. The van der Waals surface area contributed by atoms with E-state index >= 15 is 0 Å². The van der Waals surface area contributed by atoms with Gasteiger partial charge in [-0.25, -0.2) is 13.1 Å². The highest BCUT2D eigenvalue weighted by Crippen LogP contribution is 1.95. The van der Waals surface area contributed by atoms with Gasteiger partial charge in [0.2, 0.25) is 10.0 Å². The lowest BCUT2D eigenvalue weighted by atomic mass is 10.2. The van der Waals surface area contributed by atoms with Gasteiger partial charge >= 0.3 is 5.97 Å². The molecule has 0 aromatic carbocycles. The number of sulfonamides is 1. The van der Waals surface area contributed by atoms with Crippen molar-refractivity contribution in [3.8, 4) is 0 Å². The summed E-state index contributed by atoms with van der Waals surface area (Å²) in [5.74, 6) is -1.46.